The van der Waals surface area contributed by atoms with E-state index in [2.05, 4.69) is 5.32 Å². The number of halogens is 5. The molecule has 3 aromatic carbocycles. The Balaban J connectivity index is 1.82. The van der Waals surface area contributed by atoms with Crippen LogP contribution in [0.1, 0.15) is 28.4 Å². The second-order valence-electron chi connectivity index (χ2n) is 6.64. The minimum absolute atomic E-state index is 0.0106. The Hall–Kier alpha value is -2.90. The molecule has 4 nitrogen and oxygen atoms in total. The number of hydrogen-bond donors (Lipinski definition) is 1. The van der Waals surface area contributed by atoms with Crippen molar-refractivity contribution < 1.29 is 27.4 Å². The first-order valence-corrected chi connectivity index (χ1v) is 10.2. The van der Waals surface area contributed by atoms with E-state index in [1.807, 2.05) is 6.92 Å². The van der Waals surface area contributed by atoms with E-state index < -0.39 is 17.6 Å². The van der Waals surface area contributed by atoms with Crippen LogP contribution in [0.4, 0.5) is 18.9 Å². The summed E-state index contributed by atoms with van der Waals surface area (Å²) in [7, 11) is 0. The van der Waals surface area contributed by atoms with Crippen LogP contribution in [0.2, 0.25) is 10.0 Å². The first-order chi connectivity index (χ1) is 15.2. The molecule has 0 saturated heterocycles. The molecule has 0 aliphatic carbocycles. The summed E-state index contributed by atoms with van der Waals surface area (Å²) in [5, 5.41) is 2.99. The van der Waals surface area contributed by atoms with Crippen molar-refractivity contribution in [3.8, 4) is 11.5 Å². The van der Waals surface area contributed by atoms with Crippen LogP contribution < -0.4 is 14.8 Å². The molecule has 0 aliphatic heterocycles. The van der Waals surface area contributed by atoms with Crippen LogP contribution in [0.5, 0.6) is 11.5 Å². The van der Waals surface area contributed by atoms with Gasteiger partial charge in [-0.3, -0.25) is 4.79 Å². The number of carbonyl (C=O) groups is 1. The Kier molecular flexibility index (Phi) is 7.53. The monoisotopic (exact) mass is 483 g/mol. The van der Waals surface area contributed by atoms with Crippen molar-refractivity contribution in [2.75, 3.05) is 11.9 Å². The molecule has 3 aromatic rings. The fourth-order valence-corrected chi connectivity index (χ4v) is 3.10. The van der Waals surface area contributed by atoms with Crippen LogP contribution >= 0.6 is 23.2 Å². The molecule has 0 fully saturated rings. The zero-order valence-electron chi connectivity index (χ0n) is 16.8. The molecule has 0 heterocycles. The molecule has 0 spiro atoms. The predicted octanol–water partition coefficient (Wildman–Crippen LogP) is 7.24. The molecule has 32 heavy (non-hydrogen) atoms. The Morgan fingerprint density at radius 1 is 0.969 bits per heavy atom. The van der Waals surface area contributed by atoms with Crippen LogP contribution in [0, 0.1) is 0 Å². The molecular weight excluding hydrogens is 466 g/mol. The molecule has 1 amide bonds. The predicted molar refractivity (Wildman–Crippen MR) is 118 cm³/mol. The maximum absolute atomic E-state index is 13.0. The second kappa shape index (κ2) is 10.1. The van der Waals surface area contributed by atoms with E-state index in [0.29, 0.717) is 28.7 Å². The smallest absolute Gasteiger partial charge is 0.416 e. The lowest BCUT2D eigenvalue weighted by molar-refractivity contribution is -0.137. The van der Waals surface area contributed by atoms with Crippen LogP contribution in [-0.4, -0.2) is 12.5 Å². The summed E-state index contributed by atoms with van der Waals surface area (Å²) in [4.78, 5) is 12.7. The van der Waals surface area contributed by atoms with Gasteiger partial charge in [0.15, 0.2) is 0 Å². The number of rotatable bonds is 7. The minimum atomic E-state index is -4.56. The molecule has 3 rings (SSSR count). The first kappa shape index (κ1) is 23.8. The third-order valence-electron chi connectivity index (χ3n) is 4.37. The molecule has 0 bridgehead atoms. The van der Waals surface area contributed by atoms with Gasteiger partial charge in [-0.05, 0) is 67.6 Å². The molecule has 0 atom stereocenters. The highest BCUT2D eigenvalue weighted by molar-refractivity contribution is 6.34. The van der Waals surface area contributed by atoms with Gasteiger partial charge in [-0.1, -0.05) is 23.2 Å². The van der Waals surface area contributed by atoms with Crippen molar-refractivity contribution in [2.24, 2.45) is 0 Å². The summed E-state index contributed by atoms with van der Waals surface area (Å²) in [5.74, 6) is 0.472. The van der Waals surface area contributed by atoms with E-state index in [-0.39, 0.29) is 22.9 Å². The number of ether oxygens (including phenoxy) is 2. The van der Waals surface area contributed by atoms with Gasteiger partial charge in [0.25, 0.3) is 5.91 Å². The largest absolute Gasteiger partial charge is 0.493 e. The molecular formula is C23H18Cl2F3NO3. The Labute approximate surface area is 192 Å². The van der Waals surface area contributed by atoms with E-state index in [1.165, 1.54) is 6.07 Å². The number of benzene rings is 3. The van der Waals surface area contributed by atoms with Crippen molar-refractivity contribution >= 4 is 34.8 Å². The van der Waals surface area contributed by atoms with Crippen molar-refractivity contribution in [3.05, 3.63) is 87.4 Å². The third kappa shape index (κ3) is 6.08. The summed E-state index contributed by atoms with van der Waals surface area (Å²) in [6, 6.07) is 14.2. The van der Waals surface area contributed by atoms with Gasteiger partial charge in [0, 0.05) is 16.1 Å². The summed E-state index contributed by atoms with van der Waals surface area (Å²) in [6.45, 7) is 2.32. The fourth-order valence-electron chi connectivity index (χ4n) is 2.81. The summed E-state index contributed by atoms with van der Waals surface area (Å²) >= 11 is 11.8. The number of nitrogens with one attached hydrogen (secondary N) is 1. The molecule has 9 heteroatoms. The highest BCUT2D eigenvalue weighted by atomic mass is 35.5. The van der Waals surface area contributed by atoms with Crippen molar-refractivity contribution in [1.29, 1.82) is 0 Å². The van der Waals surface area contributed by atoms with Gasteiger partial charge in [-0.2, -0.15) is 13.2 Å². The van der Waals surface area contributed by atoms with E-state index in [0.717, 1.165) is 18.2 Å². The molecule has 0 saturated carbocycles. The summed E-state index contributed by atoms with van der Waals surface area (Å²) in [6.07, 6.45) is -4.56. The zero-order valence-corrected chi connectivity index (χ0v) is 18.3. The van der Waals surface area contributed by atoms with Crippen molar-refractivity contribution in [3.63, 3.8) is 0 Å². The number of anilines is 1. The number of hydrogen-bond acceptors (Lipinski definition) is 3. The van der Waals surface area contributed by atoms with Gasteiger partial charge in [0.1, 0.15) is 18.1 Å². The highest BCUT2D eigenvalue weighted by Crippen LogP contribution is 2.34. The number of amides is 1. The average Bonchev–Trinajstić information content (AvgIpc) is 2.75. The fraction of sp³-hybridized carbons (Fsp3) is 0.174. The van der Waals surface area contributed by atoms with Gasteiger partial charge in [-0.25, -0.2) is 0 Å². The van der Waals surface area contributed by atoms with E-state index >= 15 is 0 Å². The highest BCUT2D eigenvalue weighted by Gasteiger charge is 2.31. The molecule has 0 radical (unpaired) electrons. The lowest BCUT2D eigenvalue weighted by Crippen LogP contribution is -2.14. The molecule has 0 unspecified atom stereocenters. The Morgan fingerprint density at radius 2 is 1.69 bits per heavy atom. The maximum atomic E-state index is 13.0. The first-order valence-electron chi connectivity index (χ1n) is 9.49. The molecule has 1 N–H and O–H groups in total. The van der Waals surface area contributed by atoms with Crippen molar-refractivity contribution in [1.82, 2.24) is 0 Å². The normalized spacial score (nSPS) is 11.2. The minimum Gasteiger partial charge on any atom is -0.493 e. The van der Waals surface area contributed by atoms with Crippen LogP contribution in [0.3, 0.4) is 0 Å². The quantitative estimate of drug-likeness (QED) is 0.385. The van der Waals surface area contributed by atoms with Crippen molar-refractivity contribution in [2.45, 2.75) is 19.7 Å². The maximum Gasteiger partial charge on any atom is 0.416 e. The standard InChI is InChI=1S/C23H18Cl2F3NO3/c1-2-31-21-10-3-14(11-15(21)13-32-18-7-5-17(24)6-8-18)22(30)29-20-12-16(23(26,27)28)4-9-19(20)25/h3-12H,2,13H2,1H3,(H,29,30). The Morgan fingerprint density at radius 3 is 2.34 bits per heavy atom. The van der Waals surface area contributed by atoms with E-state index in [1.54, 1.807) is 36.4 Å². The van der Waals surface area contributed by atoms with Gasteiger partial charge < -0.3 is 14.8 Å². The van der Waals surface area contributed by atoms with Crippen LogP contribution in [-0.2, 0) is 12.8 Å². The lowest BCUT2D eigenvalue weighted by Gasteiger charge is -2.14. The van der Waals surface area contributed by atoms with E-state index in [4.69, 9.17) is 32.7 Å². The van der Waals surface area contributed by atoms with Crippen LogP contribution in [0.15, 0.2) is 60.7 Å². The van der Waals surface area contributed by atoms with Gasteiger partial charge in [-0.15, -0.1) is 0 Å². The summed E-state index contributed by atoms with van der Waals surface area (Å²) < 4.78 is 50.3. The average molecular weight is 484 g/mol. The van der Waals surface area contributed by atoms with Gasteiger partial charge >= 0.3 is 6.18 Å². The van der Waals surface area contributed by atoms with E-state index in [9.17, 15) is 18.0 Å². The van der Waals surface area contributed by atoms with Crippen LogP contribution in [0.25, 0.3) is 0 Å². The Bertz CT molecular complexity index is 1100. The zero-order chi connectivity index (χ0) is 23.3. The topological polar surface area (TPSA) is 47.6 Å². The molecule has 0 aromatic heterocycles. The number of alkyl halides is 3. The molecule has 0 aliphatic rings. The number of carbonyl (C=O) groups excluding carboxylic acids is 1. The summed E-state index contributed by atoms with van der Waals surface area (Å²) in [5.41, 5.74) is -0.262. The molecule has 168 valence electrons. The lowest BCUT2D eigenvalue weighted by atomic mass is 10.1. The third-order valence-corrected chi connectivity index (χ3v) is 4.95. The SMILES string of the molecule is CCOc1ccc(C(=O)Nc2cc(C(F)(F)F)ccc2Cl)cc1COc1ccc(Cl)cc1. The van der Waals surface area contributed by atoms with Gasteiger partial charge in [0.2, 0.25) is 0 Å². The second-order valence-corrected chi connectivity index (χ2v) is 7.49. The van der Waals surface area contributed by atoms with Gasteiger partial charge in [0.05, 0.1) is 22.9 Å².